The highest BCUT2D eigenvalue weighted by molar-refractivity contribution is 7.89. The van der Waals surface area contributed by atoms with Gasteiger partial charge in [-0.25, -0.2) is 18.1 Å². The molecule has 1 aromatic heterocycles. The van der Waals surface area contributed by atoms with Gasteiger partial charge in [-0.3, -0.25) is 0 Å². The third-order valence-corrected chi connectivity index (χ3v) is 4.49. The van der Waals surface area contributed by atoms with E-state index in [1.807, 2.05) is 4.90 Å². The Morgan fingerprint density at radius 1 is 1.53 bits per heavy atom. The molecule has 1 saturated heterocycles. The van der Waals surface area contributed by atoms with Gasteiger partial charge in [-0.15, -0.1) is 0 Å². The van der Waals surface area contributed by atoms with E-state index in [1.54, 1.807) is 18.3 Å². The number of ether oxygens (including phenoxy) is 1. The quantitative estimate of drug-likeness (QED) is 0.681. The Bertz CT molecular complexity index is 531. The molecule has 0 aliphatic carbocycles. The third-order valence-electron chi connectivity index (χ3n) is 3.05. The molecule has 6 nitrogen and oxygen atoms in total. The normalized spacial score (nSPS) is 26.8. The molecule has 17 heavy (non-hydrogen) atoms. The van der Waals surface area contributed by atoms with Crippen molar-refractivity contribution in [1.82, 2.24) is 9.71 Å². The van der Waals surface area contributed by atoms with Crippen LogP contribution in [0.3, 0.4) is 0 Å². The first-order chi connectivity index (χ1) is 8.18. The van der Waals surface area contributed by atoms with Crippen molar-refractivity contribution in [2.24, 2.45) is 0 Å². The van der Waals surface area contributed by atoms with E-state index in [4.69, 9.17) is 4.74 Å². The molecule has 1 fully saturated rings. The van der Waals surface area contributed by atoms with Crippen molar-refractivity contribution >= 4 is 15.8 Å². The molecule has 2 aliphatic rings. The van der Waals surface area contributed by atoms with Crippen LogP contribution < -0.4 is 9.62 Å². The highest BCUT2D eigenvalue weighted by Gasteiger charge is 2.33. The van der Waals surface area contributed by atoms with Gasteiger partial charge in [-0.2, -0.15) is 0 Å². The Morgan fingerprint density at radius 3 is 3.29 bits per heavy atom. The second-order valence-electron chi connectivity index (χ2n) is 4.10. The van der Waals surface area contributed by atoms with Gasteiger partial charge in [0.25, 0.3) is 0 Å². The summed E-state index contributed by atoms with van der Waals surface area (Å²) < 4.78 is 32.0. The maximum atomic E-state index is 12.0. The zero-order valence-electron chi connectivity index (χ0n) is 9.17. The molecule has 7 heteroatoms. The maximum Gasteiger partial charge on any atom is 0.244 e. The molecular formula is C10H13N3O3S. The van der Waals surface area contributed by atoms with Crippen LogP contribution in [0.25, 0.3) is 0 Å². The van der Waals surface area contributed by atoms with Crippen molar-refractivity contribution in [3.8, 4) is 0 Å². The number of nitrogens with zero attached hydrogens (tertiary/aromatic N) is 2. The lowest BCUT2D eigenvalue weighted by Crippen LogP contribution is -2.49. The zero-order chi connectivity index (χ0) is 11.9. The van der Waals surface area contributed by atoms with E-state index < -0.39 is 10.0 Å². The van der Waals surface area contributed by atoms with Gasteiger partial charge in [0.2, 0.25) is 10.0 Å². The van der Waals surface area contributed by atoms with Gasteiger partial charge >= 0.3 is 0 Å². The van der Waals surface area contributed by atoms with Crippen LogP contribution in [0.15, 0.2) is 23.2 Å². The lowest BCUT2D eigenvalue weighted by atomic mass is 10.2. The van der Waals surface area contributed by atoms with Crippen LogP contribution in [0.5, 0.6) is 0 Å². The zero-order valence-corrected chi connectivity index (χ0v) is 9.98. The molecule has 92 valence electrons. The largest absolute Gasteiger partial charge is 0.377 e. The van der Waals surface area contributed by atoms with E-state index in [0.29, 0.717) is 32.1 Å². The number of anilines is 1. The van der Waals surface area contributed by atoms with E-state index in [1.165, 1.54) is 0 Å². The SMILES string of the molecule is O=S1(=O)NC[C@@H]2COCCN2c2ncccc21. The molecule has 3 heterocycles. The minimum Gasteiger partial charge on any atom is -0.377 e. The molecule has 0 spiro atoms. The van der Waals surface area contributed by atoms with Gasteiger partial charge in [0.1, 0.15) is 10.7 Å². The summed E-state index contributed by atoms with van der Waals surface area (Å²) in [6, 6.07) is 3.25. The summed E-state index contributed by atoms with van der Waals surface area (Å²) in [5.41, 5.74) is 0. The molecule has 0 radical (unpaired) electrons. The Kier molecular flexibility index (Phi) is 2.53. The third kappa shape index (κ3) is 1.80. The van der Waals surface area contributed by atoms with Gasteiger partial charge < -0.3 is 9.64 Å². The summed E-state index contributed by atoms with van der Waals surface area (Å²) in [7, 11) is -3.45. The van der Waals surface area contributed by atoms with Crippen molar-refractivity contribution in [3.63, 3.8) is 0 Å². The number of nitrogens with one attached hydrogen (secondary N) is 1. The van der Waals surface area contributed by atoms with Crippen LogP contribution in [0.1, 0.15) is 0 Å². The lowest BCUT2D eigenvalue weighted by molar-refractivity contribution is 0.0950. The van der Waals surface area contributed by atoms with E-state index in [2.05, 4.69) is 9.71 Å². The number of aromatic nitrogens is 1. The molecule has 0 amide bonds. The van der Waals surface area contributed by atoms with E-state index in [9.17, 15) is 8.42 Å². The van der Waals surface area contributed by atoms with E-state index >= 15 is 0 Å². The first kappa shape index (κ1) is 10.9. The molecule has 0 bridgehead atoms. The monoisotopic (exact) mass is 255 g/mol. The average Bonchev–Trinajstić information content (AvgIpc) is 2.47. The van der Waals surface area contributed by atoms with Crippen molar-refractivity contribution in [2.75, 3.05) is 31.2 Å². The Labute approximate surface area is 99.6 Å². The lowest BCUT2D eigenvalue weighted by Gasteiger charge is -2.34. The Morgan fingerprint density at radius 2 is 2.41 bits per heavy atom. The van der Waals surface area contributed by atoms with Crippen LogP contribution in [-0.2, 0) is 14.8 Å². The van der Waals surface area contributed by atoms with E-state index in [0.717, 1.165) is 0 Å². The number of rotatable bonds is 0. The molecule has 0 saturated carbocycles. The number of fused-ring (bicyclic) bond motifs is 3. The standard InChI is InChI=1S/C10H13N3O3S/c14-17(15)9-2-1-3-11-10(9)13-4-5-16-7-8(13)6-12-17/h1-3,8,12H,4-7H2/t8-/m1/s1. The van der Waals surface area contributed by atoms with Crippen LogP contribution in [0.2, 0.25) is 0 Å². The number of hydrogen-bond acceptors (Lipinski definition) is 5. The Balaban J connectivity index is 2.15. The minimum absolute atomic E-state index is 0.0228. The van der Waals surface area contributed by atoms with Crippen LogP contribution in [-0.4, -0.2) is 45.7 Å². The number of morpholine rings is 1. The number of hydrogen-bond donors (Lipinski definition) is 1. The molecular weight excluding hydrogens is 242 g/mol. The minimum atomic E-state index is -3.45. The molecule has 0 unspecified atom stereocenters. The molecule has 0 aromatic carbocycles. The first-order valence-corrected chi connectivity index (χ1v) is 6.96. The molecule has 1 aromatic rings. The molecule has 1 N–H and O–H groups in total. The van der Waals surface area contributed by atoms with Crippen LogP contribution in [0, 0.1) is 0 Å². The van der Waals surface area contributed by atoms with Crippen molar-refractivity contribution in [3.05, 3.63) is 18.3 Å². The van der Waals surface area contributed by atoms with Gasteiger partial charge in [-0.1, -0.05) is 0 Å². The summed E-state index contributed by atoms with van der Waals surface area (Å²) in [6.45, 7) is 2.16. The fraction of sp³-hybridized carbons (Fsp3) is 0.500. The second-order valence-corrected chi connectivity index (χ2v) is 5.83. The highest BCUT2D eigenvalue weighted by atomic mass is 32.2. The fourth-order valence-corrected chi connectivity index (χ4v) is 3.43. The summed E-state index contributed by atoms with van der Waals surface area (Å²) >= 11 is 0. The average molecular weight is 255 g/mol. The predicted molar refractivity (Wildman–Crippen MR) is 61.4 cm³/mol. The molecule has 1 atom stereocenters. The topological polar surface area (TPSA) is 71.5 Å². The van der Waals surface area contributed by atoms with Crippen LogP contribution in [0.4, 0.5) is 5.82 Å². The van der Waals surface area contributed by atoms with E-state index in [-0.39, 0.29) is 10.9 Å². The van der Waals surface area contributed by atoms with Crippen LogP contribution >= 0.6 is 0 Å². The smallest absolute Gasteiger partial charge is 0.244 e. The fourth-order valence-electron chi connectivity index (χ4n) is 2.19. The number of pyridine rings is 1. The van der Waals surface area contributed by atoms with Gasteiger partial charge in [-0.05, 0) is 12.1 Å². The Hall–Kier alpha value is -1.18. The van der Waals surface area contributed by atoms with Crippen molar-refractivity contribution in [1.29, 1.82) is 0 Å². The second kappa shape index (κ2) is 3.94. The molecule has 2 aliphatic heterocycles. The van der Waals surface area contributed by atoms with Crippen molar-refractivity contribution in [2.45, 2.75) is 10.9 Å². The first-order valence-electron chi connectivity index (χ1n) is 5.47. The van der Waals surface area contributed by atoms with Gasteiger partial charge in [0, 0.05) is 19.3 Å². The number of sulfonamides is 1. The van der Waals surface area contributed by atoms with Gasteiger partial charge in [0.05, 0.1) is 19.3 Å². The van der Waals surface area contributed by atoms with Crippen molar-refractivity contribution < 1.29 is 13.2 Å². The highest BCUT2D eigenvalue weighted by Crippen LogP contribution is 2.27. The summed E-state index contributed by atoms with van der Waals surface area (Å²) in [6.07, 6.45) is 1.62. The molecule has 3 rings (SSSR count). The van der Waals surface area contributed by atoms with Gasteiger partial charge in [0.15, 0.2) is 0 Å². The maximum absolute atomic E-state index is 12.0. The summed E-state index contributed by atoms with van der Waals surface area (Å²) in [4.78, 5) is 6.47. The summed E-state index contributed by atoms with van der Waals surface area (Å²) in [5, 5.41) is 0. The predicted octanol–water partition coefficient (Wildman–Crippen LogP) is -0.421. The summed E-state index contributed by atoms with van der Waals surface area (Å²) in [5.74, 6) is 0.533.